The van der Waals surface area contributed by atoms with Crippen LogP contribution in [0.25, 0.3) is 5.57 Å². The van der Waals surface area contributed by atoms with Gasteiger partial charge in [0.05, 0.1) is 29.5 Å². The fraction of sp³-hybridized carbons (Fsp3) is 0.148. The largest absolute Gasteiger partial charge is 0.494 e. The predicted octanol–water partition coefficient (Wildman–Crippen LogP) is 5.05. The summed E-state index contributed by atoms with van der Waals surface area (Å²) in [7, 11) is 0. The highest BCUT2D eigenvalue weighted by Gasteiger charge is 2.40. The monoisotopic (exact) mass is 437 g/mol. The Morgan fingerprint density at radius 3 is 2.18 bits per heavy atom. The van der Waals surface area contributed by atoms with Gasteiger partial charge in [-0.2, -0.15) is 5.26 Å². The zero-order chi connectivity index (χ0) is 23.4. The van der Waals surface area contributed by atoms with E-state index in [0.717, 1.165) is 16.9 Å². The van der Waals surface area contributed by atoms with E-state index in [1.54, 1.807) is 48.5 Å². The summed E-state index contributed by atoms with van der Waals surface area (Å²) >= 11 is 0. The highest BCUT2D eigenvalue weighted by atomic mass is 16.5. The molecule has 6 heteroatoms. The van der Waals surface area contributed by atoms with Gasteiger partial charge >= 0.3 is 0 Å². The van der Waals surface area contributed by atoms with E-state index in [1.165, 1.54) is 0 Å². The standard InChI is InChI=1S/C27H23N3O3/c1-3-16-33-23-14-8-20(9-15-23)24-25(29-21-10-4-18(2)5-11-21)27(32)30(26(24)31)22-12-6-19(17-28)7-13-22/h4-15,29H,3,16H2,1-2H3. The summed E-state index contributed by atoms with van der Waals surface area (Å²) in [5.41, 5.74) is 3.76. The van der Waals surface area contributed by atoms with Crippen molar-refractivity contribution in [3.63, 3.8) is 0 Å². The quantitative estimate of drug-likeness (QED) is 0.523. The minimum atomic E-state index is -0.452. The normalized spacial score (nSPS) is 13.3. The number of nitrogens with one attached hydrogen (secondary N) is 1. The molecule has 3 aromatic carbocycles. The van der Waals surface area contributed by atoms with Gasteiger partial charge in [0.25, 0.3) is 11.8 Å². The van der Waals surface area contributed by atoms with Crippen LogP contribution in [0.5, 0.6) is 5.75 Å². The van der Waals surface area contributed by atoms with Crippen molar-refractivity contribution in [3.8, 4) is 11.8 Å². The first-order valence-corrected chi connectivity index (χ1v) is 10.7. The van der Waals surface area contributed by atoms with Crippen LogP contribution in [0.1, 0.15) is 30.0 Å². The van der Waals surface area contributed by atoms with E-state index in [-0.39, 0.29) is 11.3 Å². The van der Waals surface area contributed by atoms with E-state index in [2.05, 4.69) is 5.32 Å². The number of nitrogens with zero attached hydrogens (tertiary/aromatic N) is 2. The van der Waals surface area contributed by atoms with Crippen LogP contribution in [0.15, 0.2) is 78.5 Å². The van der Waals surface area contributed by atoms with Gasteiger partial charge in [0, 0.05) is 5.69 Å². The van der Waals surface area contributed by atoms with Crippen molar-refractivity contribution in [3.05, 3.63) is 95.2 Å². The maximum atomic E-state index is 13.5. The molecule has 164 valence electrons. The Balaban J connectivity index is 1.74. The second-order valence-electron chi connectivity index (χ2n) is 7.72. The zero-order valence-corrected chi connectivity index (χ0v) is 18.5. The number of hydrogen-bond acceptors (Lipinski definition) is 5. The molecular formula is C27H23N3O3. The first-order valence-electron chi connectivity index (χ1n) is 10.7. The van der Waals surface area contributed by atoms with E-state index in [0.29, 0.717) is 34.9 Å². The van der Waals surface area contributed by atoms with Gasteiger partial charge in [-0.05, 0) is 67.4 Å². The highest BCUT2D eigenvalue weighted by molar-refractivity contribution is 6.46. The Kier molecular flexibility index (Phi) is 6.23. The molecule has 0 aromatic heterocycles. The molecule has 6 nitrogen and oxygen atoms in total. The second-order valence-corrected chi connectivity index (χ2v) is 7.72. The van der Waals surface area contributed by atoms with Gasteiger partial charge in [-0.1, -0.05) is 36.8 Å². The maximum absolute atomic E-state index is 13.5. The fourth-order valence-corrected chi connectivity index (χ4v) is 3.55. The number of nitriles is 1. The molecule has 1 N–H and O–H groups in total. The van der Waals surface area contributed by atoms with Crippen LogP contribution in [0.4, 0.5) is 11.4 Å². The van der Waals surface area contributed by atoms with Gasteiger partial charge in [0.1, 0.15) is 11.4 Å². The topological polar surface area (TPSA) is 82.4 Å². The summed E-state index contributed by atoms with van der Waals surface area (Å²) in [5, 5.41) is 12.2. The molecule has 0 aliphatic carbocycles. The Bertz CT molecular complexity index is 1250. The number of ether oxygens (including phenoxy) is 1. The second kappa shape index (κ2) is 9.41. The maximum Gasteiger partial charge on any atom is 0.282 e. The van der Waals surface area contributed by atoms with Crippen molar-refractivity contribution in [2.24, 2.45) is 0 Å². The van der Waals surface area contributed by atoms with Crippen LogP contribution in [-0.4, -0.2) is 18.4 Å². The Morgan fingerprint density at radius 2 is 1.58 bits per heavy atom. The number of hydrogen-bond donors (Lipinski definition) is 1. The smallest absolute Gasteiger partial charge is 0.282 e. The van der Waals surface area contributed by atoms with Crippen LogP contribution in [0, 0.1) is 18.3 Å². The average Bonchev–Trinajstić information content (AvgIpc) is 3.08. The van der Waals surface area contributed by atoms with Crippen molar-refractivity contribution >= 4 is 28.8 Å². The molecule has 0 fully saturated rings. The van der Waals surface area contributed by atoms with Gasteiger partial charge < -0.3 is 10.1 Å². The third-order valence-corrected chi connectivity index (χ3v) is 5.28. The van der Waals surface area contributed by atoms with Gasteiger partial charge in [0.2, 0.25) is 0 Å². The van der Waals surface area contributed by atoms with Crippen molar-refractivity contribution in [1.29, 1.82) is 5.26 Å². The summed E-state index contributed by atoms with van der Waals surface area (Å²) < 4.78 is 5.65. The number of rotatable bonds is 7. The molecular weight excluding hydrogens is 414 g/mol. The van der Waals surface area contributed by atoms with Gasteiger partial charge in [-0.25, -0.2) is 4.90 Å². The van der Waals surface area contributed by atoms with Crippen LogP contribution < -0.4 is 15.0 Å². The van der Waals surface area contributed by atoms with Gasteiger partial charge in [0.15, 0.2) is 0 Å². The number of carbonyl (C=O) groups excluding carboxylic acids is 2. The van der Waals surface area contributed by atoms with Gasteiger partial charge in [-0.3, -0.25) is 9.59 Å². The molecule has 0 atom stereocenters. The van der Waals surface area contributed by atoms with E-state index >= 15 is 0 Å². The molecule has 1 aliphatic rings. The number of aryl methyl sites for hydroxylation is 1. The van der Waals surface area contributed by atoms with Crippen LogP contribution >= 0.6 is 0 Å². The van der Waals surface area contributed by atoms with Crippen molar-refractivity contribution in [2.45, 2.75) is 20.3 Å². The Labute approximate surface area is 192 Å². The number of amides is 2. The molecule has 1 aliphatic heterocycles. The zero-order valence-electron chi connectivity index (χ0n) is 18.5. The minimum Gasteiger partial charge on any atom is -0.494 e. The van der Waals surface area contributed by atoms with Crippen LogP contribution in [-0.2, 0) is 9.59 Å². The molecule has 0 saturated heterocycles. The Hall–Kier alpha value is -4.37. The first-order chi connectivity index (χ1) is 16.0. The third-order valence-electron chi connectivity index (χ3n) is 5.28. The molecule has 0 bridgehead atoms. The number of benzene rings is 3. The van der Waals surface area contributed by atoms with E-state index in [4.69, 9.17) is 10.00 Å². The van der Waals surface area contributed by atoms with E-state index in [9.17, 15) is 9.59 Å². The first kappa shape index (κ1) is 21.8. The third kappa shape index (κ3) is 4.48. The molecule has 3 aromatic rings. The molecule has 0 spiro atoms. The lowest BCUT2D eigenvalue weighted by atomic mass is 10.0. The summed E-state index contributed by atoms with van der Waals surface area (Å²) in [6, 6.07) is 23.2. The lowest BCUT2D eigenvalue weighted by Gasteiger charge is -2.15. The van der Waals surface area contributed by atoms with Crippen molar-refractivity contribution in [1.82, 2.24) is 0 Å². The lowest BCUT2D eigenvalue weighted by molar-refractivity contribution is -0.120. The number of carbonyl (C=O) groups is 2. The predicted molar refractivity (Wildman–Crippen MR) is 128 cm³/mol. The lowest BCUT2D eigenvalue weighted by Crippen LogP contribution is -2.32. The summed E-state index contributed by atoms with van der Waals surface area (Å²) in [5.74, 6) is -0.178. The number of imide groups is 1. The van der Waals surface area contributed by atoms with Crippen molar-refractivity contribution in [2.75, 3.05) is 16.8 Å². The van der Waals surface area contributed by atoms with E-state index < -0.39 is 11.8 Å². The molecule has 0 saturated carbocycles. The summed E-state index contributed by atoms with van der Waals surface area (Å²) in [6.45, 7) is 4.61. The molecule has 4 rings (SSSR count). The molecule has 0 unspecified atom stereocenters. The van der Waals surface area contributed by atoms with Crippen molar-refractivity contribution < 1.29 is 14.3 Å². The average molecular weight is 437 g/mol. The molecule has 33 heavy (non-hydrogen) atoms. The SMILES string of the molecule is CCCOc1ccc(C2=C(Nc3ccc(C)cc3)C(=O)N(c3ccc(C#N)cc3)C2=O)cc1. The molecule has 0 radical (unpaired) electrons. The van der Waals surface area contributed by atoms with Crippen LogP contribution in [0.3, 0.4) is 0 Å². The minimum absolute atomic E-state index is 0.204. The summed E-state index contributed by atoms with van der Waals surface area (Å²) in [6.07, 6.45) is 0.893. The summed E-state index contributed by atoms with van der Waals surface area (Å²) in [4.78, 5) is 28.1. The fourth-order valence-electron chi connectivity index (χ4n) is 3.55. The molecule has 2 amide bonds. The molecule has 1 heterocycles. The number of anilines is 2. The van der Waals surface area contributed by atoms with Gasteiger partial charge in [-0.15, -0.1) is 0 Å². The Morgan fingerprint density at radius 1 is 0.909 bits per heavy atom. The van der Waals surface area contributed by atoms with E-state index in [1.807, 2.05) is 44.2 Å². The van der Waals surface area contributed by atoms with Crippen LogP contribution in [0.2, 0.25) is 0 Å². The highest BCUT2D eigenvalue weighted by Crippen LogP contribution is 2.34.